The monoisotopic (exact) mass is 888 g/mol. The van der Waals surface area contributed by atoms with Gasteiger partial charge in [0.05, 0.1) is 11.0 Å². The van der Waals surface area contributed by atoms with Gasteiger partial charge in [0.25, 0.3) is 0 Å². The fraction of sp³-hybridized carbons (Fsp3) is 0.0923. The van der Waals surface area contributed by atoms with E-state index in [1.54, 1.807) is 0 Å². The second-order valence-corrected chi connectivity index (χ2v) is 18.7. The standard InChI is InChI=1S/C65H52N4/c1-65(2)60-27-17-16-26-56(60)57-39-38-55(44-61(57)65)67(53-34-28-46(29-35-53)45-18-8-4-9-19-45)54-36-30-47(31-37-54)48-32-40-62-58(42-48)59-43-49(33-41-63(59)69(62)52-24-14-7-15-25-52)64(66-3)68(50-20-10-5-11-21-50)51-22-12-6-13-23-51/h4-15,17-25,27-44H,16,26H2,1-3H3. The zero-order valence-electron chi connectivity index (χ0n) is 39.2. The second kappa shape index (κ2) is 17.3. The van der Waals surface area contributed by atoms with Crippen molar-refractivity contribution in [3.8, 4) is 27.9 Å². The van der Waals surface area contributed by atoms with Gasteiger partial charge in [-0.05, 0) is 160 Å². The number of fused-ring (bicyclic) bond motifs is 5. The molecular formula is C65H52N4. The van der Waals surface area contributed by atoms with Crippen molar-refractivity contribution in [1.82, 2.24) is 4.57 Å². The molecular weight excluding hydrogens is 837 g/mol. The summed E-state index contributed by atoms with van der Waals surface area (Å²) >= 11 is 0. The molecule has 0 saturated heterocycles. The van der Waals surface area contributed by atoms with E-state index in [1.807, 2.05) is 7.05 Å². The maximum atomic E-state index is 4.98. The number of hydrogen-bond acceptors (Lipinski definition) is 2. The molecule has 12 rings (SSSR count). The van der Waals surface area contributed by atoms with Gasteiger partial charge in [0.1, 0.15) is 5.84 Å². The van der Waals surface area contributed by atoms with Gasteiger partial charge >= 0.3 is 0 Å². The summed E-state index contributed by atoms with van der Waals surface area (Å²) < 4.78 is 2.39. The molecule has 0 fully saturated rings. The third-order valence-electron chi connectivity index (χ3n) is 14.3. The molecule has 0 amide bonds. The van der Waals surface area contributed by atoms with E-state index in [1.165, 1.54) is 44.2 Å². The molecule has 9 aromatic carbocycles. The van der Waals surface area contributed by atoms with Crippen LogP contribution >= 0.6 is 0 Å². The van der Waals surface area contributed by atoms with E-state index in [0.717, 1.165) is 80.5 Å². The predicted molar refractivity (Wildman–Crippen MR) is 292 cm³/mol. The van der Waals surface area contributed by atoms with Crippen LogP contribution in [0.4, 0.5) is 28.4 Å². The molecule has 1 aromatic heterocycles. The van der Waals surface area contributed by atoms with Gasteiger partial charge in [0.15, 0.2) is 0 Å². The number of aromatic nitrogens is 1. The van der Waals surface area contributed by atoms with Gasteiger partial charge in [-0.1, -0.05) is 147 Å². The third kappa shape index (κ3) is 7.37. The Morgan fingerprint density at radius 3 is 1.64 bits per heavy atom. The van der Waals surface area contributed by atoms with Crippen molar-refractivity contribution < 1.29 is 0 Å². The minimum atomic E-state index is -0.0680. The number of rotatable bonds is 9. The van der Waals surface area contributed by atoms with Crippen LogP contribution in [0.2, 0.25) is 0 Å². The van der Waals surface area contributed by atoms with Gasteiger partial charge < -0.3 is 9.47 Å². The quantitative estimate of drug-likeness (QED) is 0.106. The molecule has 69 heavy (non-hydrogen) atoms. The van der Waals surface area contributed by atoms with Gasteiger partial charge in [-0.25, -0.2) is 0 Å². The average Bonchev–Trinajstić information content (AvgIpc) is 3.86. The predicted octanol–water partition coefficient (Wildman–Crippen LogP) is 17.2. The van der Waals surface area contributed by atoms with Crippen LogP contribution in [0, 0.1) is 0 Å². The van der Waals surface area contributed by atoms with Crippen molar-refractivity contribution in [2.45, 2.75) is 32.1 Å². The van der Waals surface area contributed by atoms with Crippen molar-refractivity contribution in [3.05, 3.63) is 259 Å². The molecule has 0 unspecified atom stereocenters. The summed E-state index contributed by atoms with van der Waals surface area (Å²) in [5, 5.41) is 2.36. The zero-order valence-corrected chi connectivity index (χ0v) is 39.2. The molecule has 0 radical (unpaired) electrons. The highest BCUT2D eigenvalue weighted by Gasteiger charge is 2.37. The van der Waals surface area contributed by atoms with Gasteiger partial charge in [-0.15, -0.1) is 0 Å². The van der Waals surface area contributed by atoms with Crippen LogP contribution < -0.4 is 9.80 Å². The number of allylic oxidation sites excluding steroid dienone is 4. The van der Waals surface area contributed by atoms with Crippen LogP contribution in [0.5, 0.6) is 0 Å². The molecule has 0 bridgehead atoms. The largest absolute Gasteiger partial charge is 0.310 e. The molecule has 4 nitrogen and oxygen atoms in total. The van der Waals surface area contributed by atoms with Crippen molar-refractivity contribution >= 4 is 61.7 Å². The summed E-state index contributed by atoms with van der Waals surface area (Å²) in [6, 6.07) is 81.4. The number of para-hydroxylation sites is 3. The van der Waals surface area contributed by atoms with Gasteiger partial charge in [-0.3, -0.25) is 9.89 Å². The van der Waals surface area contributed by atoms with Crippen molar-refractivity contribution in [2.75, 3.05) is 16.8 Å². The lowest BCUT2D eigenvalue weighted by atomic mass is 9.80. The molecule has 10 aromatic rings. The van der Waals surface area contributed by atoms with E-state index >= 15 is 0 Å². The van der Waals surface area contributed by atoms with Gasteiger partial charge in [0.2, 0.25) is 0 Å². The second-order valence-electron chi connectivity index (χ2n) is 18.7. The number of benzene rings is 9. The topological polar surface area (TPSA) is 23.8 Å². The highest BCUT2D eigenvalue weighted by Crippen LogP contribution is 2.52. The van der Waals surface area contributed by atoms with E-state index in [9.17, 15) is 0 Å². The van der Waals surface area contributed by atoms with Crippen LogP contribution in [-0.4, -0.2) is 17.5 Å². The molecule has 0 spiro atoms. The number of nitrogens with zero attached hydrogens (tertiary/aromatic N) is 4. The maximum absolute atomic E-state index is 4.98. The van der Waals surface area contributed by atoms with E-state index < -0.39 is 0 Å². The zero-order chi connectivity index (χ0) is 46.5. The summed E-state index contributed by atoms with van der Waals surface area (Å²) in [4.78, 5) is 9.65. The van der Waals surface area contributed by atoms with Crippen LogP contribution in [0.15, 0.2) is 247 Å². The molecule has 0 aliphatic heterocycles. The molecule has 0 saturated carbocycles. The highest BCUT2D eigenvalue weighted by atomic mass is 15.2. The van der Waals surface area contributed by atoms with E-state index in [0.29, 0.717) is 0 Å². The van der Waals surface area contributed by atoms with E-state index in [4.69, 9.17) is 4.99 Å². The van der Waals surface area contributed by atoms with Gasteiger partial charge in [0, 0.05) is 62.9 Å². The van der Waals surface area contributed by atoms with E-state index in [2.05, 4.69) is 265 Å². The van der Waals surface area contributed by atoms with Crippen molar-refractivity contribution in [3.63, 3.8) is 0 Å². The Morgan fingerprint density at radius 2 is 1.01 bits per heavy atom. The minimum Gasteiger partial charge on any atom is -0.310 e. The van der Waals surface area contributed by atoms with E-state index in [-0.39, 0.29) is 5.41 Å². The summed E-state index contributed by atoms with van der Waals surface area (Å²) in [6.45, 7) is 4.77. The Hall–Kier alpha value is -8.47. The van der Waals surface area contributed by atoms with Crippen molar-refractivity contribution in [2.24, 2.45) is 4.99 Å². The Bertz CT molecular complexity index is 3560. The van der Waals surface area contributed by atoms with Crippen LogP contribution in [0.1, 0.15) is 43.4 Å². The Kier molecular flexibility index (Phi) is 10.5. The number of aliphatic imine (C=N–C) groups is 1. The summed E-state index contributed by atoms with van der Waals surface area (Å²) in [6.07, 6.45) is 6.91. The Balaban J connectivity index is 0.962. The van der Waals surface area contributed by atoms with Gasteiger partial charge in [-0.2, -0.15) is 0 Å². The molecule has 0 atom stereocenters. The Morgan fingerprint density at radius 1 is 0.493 bits per heavy atom. The number of amidine groups is 1. The first-order chi connectivity index (χ1) is 33.9. The summed E-state index contributed by atoms with van der Waals surface area (Å²) in [5.74, 6) is 0.876. The lowest BCUT2D eigenvalue weighted by Crippen LogP contribution is -2.27. The fourth-order valence-electron chi connectivity index (χ4n) is 10.9. The molecule has 4 heteroatoms. The molecule has 1 heterocycles. The lowest BCUT2D eigenvalue weighted by molar-refractivity contribution is 0.651. The normalized spacial score (nSPS) is 14.0. The smallest absolute Gasteiger partial charge is 0.139 e. The minimum absolute atomic E-state index is 0.0680. The third-order valence-corrected chi connectivity index (χ3v) is 14.3. The average molecular weight is 889 g/mol. The highest BCUT2D eigenvalue weighted by molar-refractivity contribution is 6.18. The molecule has 2 aliphatic rings. The number of hydrogen-bond donors (Lipinski definition) is 0. The fourth-order valence-corrected chi connectivity index (χ4v) is 10.9. The van der Waals surface area contributed by atoms with Crippen LogP contribution in [0.3, 0.4) is 0 Å². The maximum Gasteiger partial charge on any atom is 0.139 e. The SMILES string of the molecule is CN=C(c1ccc2c(c1)c1cc(-c3ccc(N(c4ccc(-c5ccccc5)cc4)c4ccc5c(c4)C(C)(C)C4=C5CCC=C4)cc3)ccc1n2-c1ccccc1)N(c1ccccc1)c1ccccc1. The Labute approximate surface area is 405 Å². The molecule has 2 aliphatic carbocycles. The first-order valence-corrected chi connectivity index (χ1v) is 24.1. The molecule has 0 N–H and O–H groups in total. The number of anilines is 5. The first kappa shape index (κ1) is 41.9. The lowest BCUT2D eigenvalue weighted by Gasteiger charge is -2.29. The summed E-state index contributed by atoms with van der Waals surface area (Å²) in [7, 11) is 1.89. The first-order valence-electron chi connectivity index (χ1n) is 24.1. The van der Waals surface area contributed by atoms with Crippen molar-refractivity contribution in [1.29, 1.82) is 0 Å². The summed E-state index contributed by atoms with van der Waals surface area (Å²) in [5.41, 5.74) is 20.4. The van der Waals surface area contributed by atoms with Crippen LogP contribution in [-0.2, 0) is 5.41 Å². The molecule has 332 valence electrons. The van der Waals surface area contributed by atoms with Crippen LogP contribution in [0.25, 0.3) is 55.3 Å².